The summed E-state index contributed by atoms with van der Waals surface area (Å²) >= 11 is 0. The van der Waals surface area contributed by atoms with Gasteiger partial charge in [-0.3, -0.25) is 31.1 Å². The van der Waals surface area contributed by atoms with Gasteiger partial charge in [-0.2, -0.15) is 0 Å². The Morgan fingerprint density at radius 3 is 2.44 bits per heavy atom. The first-order valence-corrected chi connectivity index (χ1v) is 21.6. The van der Waals surface area contributed by atoms with Crippen molar-refractivity contribution in [1.82, 2.24) is 14.8 Å². The quantitative estimate of drug-likeness (QED) is 0.0677. The van der Waals surface area contributed by atoms with Crippen LogP contribution in [0.15, 0.2) is 48.6 Å². The number of likely N-dealkylation sites (N-methyl/N-ethyl adjacent to an activating group) is 1. The van der Waals surface area contributed by atoms with Gasteiger partial charge in [-0.25, -0.2) is 4.79 Å². The van der Waals surface area contributed by atoms with Crippen LogP contribution < -0.4 is 21.3 Å². The van der Waals surface area contributed by atoms with Gasteiger partial charge in [0.1, 0.15) is 16.8 Å². The normalized spacial score (nSPS) is 37.6. The highest BCUT2D eigenvalue weighted by Gasteiger charge is 2.80. The Hall–Kier alpha value is -4.51. The number of nitrogens with two attached hydrogens (primary N) is 2. The summed E-state index contributed by atoms with van der Waals surface area (Å²) in [5.74, 6) is 6.63. The number of anilines is 1. The molecule has 11 atom stereocenters. The number of ether oxygens (including phenoxy) is 5. The summed E-state index contributed by atoms with van der Waals surface area (Å²) in [6, 6.07) is 11.2. The number of hydrogen-bond acceptors (Lipinski definition) is 14. The fraction of sp³-hybridized carbons (Fsp3) is 0.587. The van der Waals surface area contributed by atoms with Crippen LogP contribution >= 0.6 is 0 Å². The van der Waals surface area contributed by atoms with Gasteiger partial charge in [0.05, 0.1) is 33.5 Å². The van der Waals surface area contributed by atoms with Crippen LogP contribution in [-0.2, 0) is 50.6 Å². The minimum atomic E-state index is -2.29. The van der Waals surface area contributed by atoms with Gasteiger partial charge in [0, 0.05) is 96.9 Å². The molecule has 61 heavy (non-hydrogen) atoms. The lowest BCUT2D eigenvalue weighted by Crippen LogP contribution is -2.81. The molecule has 0 amide bonds. The lowest BCUT2D eigenvalue weighted by molar-refractivity contribution is -0.228. The highest BCUT2D eigenvalue weighted by atomic mass is 16.6. The maximum Gasteiger partial charge on any atom is 0.344 e. The Labute approximate surface area is 356 Å². The third kappa shape index (κ3) is 5.27. The predicted octanol–water partition coefficient (Wildman–Crippen LogP) is 2.83. The van der Waals surface area contributed by atoms with E-state index in [9.17, 15) is 14.7 Å². The van der Waals surface area contributed by atoms with E-state index in [0.717, 1.165) is 59.5 Å². The van der Waals surface area contributed by atoms with E-state index < -0.39 is 51.9 Å². The number of esters is 3. The molecule has 15 nitrogen and oxygen atoms in total. The molecule has 10 rings (SSSR count). The Morgan fingerprint density at radius 1 is 1.00 bits per heavy atom. The van der Waals surface area contributed by atoms with Gasteiger partial charge in [-0.15, -0.1) is 0 Å². The molecule has 1 saturated carbocycles. The van der Waals surface area contributed by atoms with Gasteiger partial charge in [0.25, 0.3) is 0 Å². The lowest BCUT2D eigenvalue weighted by Gasteiger charge is -2.63. The lowest BCUT2D eigenvalue weighted by atomic mass is 9.47. The Kier molecular flexibility index (Phi) is 9.96. The highest BCUT2D eigenvalue weighted by Crippen LogP contribution is 2.68. The average Bonchev–Trinajstić information content (AvgIpc) is 3.56. The molecule has 6 aliphatic heterocycles. The van der Waals surface area contributed by atoms with E-state index in [1.807, 2.05) is 37.1 Å². The highest BCUT2D eigenvalue weighted by molar-refractivity contribution is 5.95. The zero-order valence-electron chi connectivity index (χ0n) is 36.3. The number of nitrogens with zero attached hydrogens (tertiary/aromatic N) is 3. The number of fused-ring (bicyclic) bond motifs is 8. The van der Waals surface area contributed by atoms with Crippen molar-refractivity contribution in [3.63, 3.8) is 0 Å². The van der Waals surface area contributed by atoms with Crippen LogP contribution in [0.2, 0.25) is 0 Å². The standard InChI is InChI=1S/C46H56N4O9.H4N2/c1-8-42-16-12-18-50-20-17-44(37(42)50)30-21-31(34(55-5)22-33(30)48(4)38(44)46(54,41(53)57-7)39(42)58-26(3)51)45(40(52)56-6)23-27-24-49(25-43(9-2)36(27)59-43)19-15-29-28-13-10-11-14-32(28)47-35(29)45;1-2/h10-14,16,21-22,27,36-39,47,54H,8-9,15,17-20,23-25H2,1-7H3;1-2H2/t27-,36-,37+,38-,39-,42-,43+,44-,45+,46+;/m1./s1. The molecule has 2 bridgehead atoms. The number of aromatic nitrogens is 1. The maximum absolute atomic E-state index is 15.4. The number of nitrogens with one attached hydrogen (secondary N) is 1. The number of para-hydroxylation sites is 1. The largest absolute Gasteiger partial charge is 0.496 e. The van der Waals surface area contributed by atoms with Crippen LogP contribution in [0.4, 0.5) is 5.69 Å². The van der Waals surface area contributed by atoms with E-state index in [-0.39, 0.29) is 23.7 Å². The number of carbonyl (C=O) groups is 3. The van der Waals surface area contributed by atoms with Crippen molar-refractivity contribution < 1.29 is 43.2 Å². The SMILES string of the molecule is CC[C@]12C[N@@]3CCc4c([nH]c5ccccc45)[C@@](C(=O)OC)(c4cc5c(cc4OC)N(C)[C@H]4[C@@](O)(C(=O)OC)[C@H](OC(C)=O)[C@]6(CC)C=CCN7CC[C@]54[C@@H]76)C[C@H](C3)[C@H]1O2.NN. The Balaban J connectivity index is 0.00000235. The average molecular weight is 841 g/mol. The van der Waals surface area contributed by atoms with Crippen LogP contribution in [0.1, 0.15) is 68.8 Å². The van der Waals surface area contributed by atoms with Gasteiger partial charge in [-0.1, -0.05) is 44.2 Å². The fourth-order valence-corrected chi connectivity index (χ4v) is 13.9. The summed E-state index contributed by atoms with van der Waals surface area (Å²) in [7, 11) is 6.23. The minimum Gasteiger partial charge on any atom is -0.496 e. The van der Waals surface area contributed by atoms with E-state index in [2.05, 4.69) is 63.7 Å². The number of aliphatic hydroxyl groups is 1. The molecule has 4 fully saturated rings. The second kappa shape index (κ2) is 14.5. The number of epoxide rings is 1. The van der Waals surface area contributed by atoms with Crippen LogP contribution in [0.3, 0.4) is 0 Å². The molecule has 3 saturated heterocycles. The molecule has 15 heteroatoms. The van der Waals surface area contributed by atoms with E-state index in [0.29, 0.717) is 50.1 Å². The minimum absolute atomic E-state index is 0.00603. The van der Waals surface area contributed by atoms with Crippen molar-refractivity contribution in [3.8, 4) is 5.75 Å². The number of benzene rings is 2. The molecular formula is C46H60N6O9. The number of hydrogen-bond donors (Lipinski definition) is 4. The van der Waals surface area contributed by atoms with Crippen molar-refractivity contribution in [2.45, 2.75) is 99.2 Å². The summed E-state index contributed by atoms with van der Waals surface area (Å²) in [6.45, 7) is 9.32. The number of rotatable bonds is 7. The summed E-state index contributed by atoms with van der Waals surface area (Å²) in [5, 5.41) is 14.4. The predicted molar refractivity (Wildman–Crippen MR) is 227 cm³/mol. The van der Waals surface area contributed by atoms with Crippen LogP contribution in [0, 0.1) is 11.3 Å². The van der Waals surface area contributed by atoms with E-state index in [4.69, 9.17) is 23.7 Å². The number of methoxy groups -OCH3 is 3. The first-order valence-electron chi connectivity index (χ1n) is 21.6. The van der Waals surface area contributed by atoms with Crippen molar-refractivity contribution in [2.24, 2.45) is 23.0 Å². The molecule has 7 aliphatic rings. The van der Waals surface area contributed by atoms with Crippen LogP contribution in [0.25, 0.3) is 10.9 Å². The first-order chi connectivity index (χ1) is 29.3. The van der Waals surface area contributed by atoms with E-state index in [1.54, 1.807) is 7.11 Å². The number of carbonyl (C=O) groups excluding carboxylic acids is 3. The second-order valence-corrected chi connectivity index (χ2v) is 18.3. The molecule has 2 aromatic carbocycles. The summed E-state index contributed by atoms with van der Waals surface area (Å²) < 4.78 is 30.7. The van der Waals surface area contributed by atoms with Crippen molar-refractivity contribution in [3.05, 3.63) is 70.9 Å². The van der Waals surface area contributed by atoms with Gasteiger partial charge in [-0.05, 0) is 61.9 Å². The van der Waals surface area contributed by atoms with Crippen LogP contribution in [0.5, 0.6) is 5.75 Å². The third-order valence-electron chi connectivity index (χ3n) is 16.0. The maximum atomic E-state index is 15.4. The topological polar surface area (TPSA) is 198 Å². The number of aromatic amines is 1. The number of hydrazine groups is 1. The summed E-state index contributed by atoms with van der Waals surface area (Å²) in [5.41, 5.74) is -0.627. The van der Waals surface area contributed by atoms with Crippen LogP contribution in [-0.4, -0.2) is 134 Å². The first kappa shape index (κ1) is 41.8. The molecule has 0 unspecified atom stereocenters. The van der Waals surface area contributed by atoms with E-state index >= 15 is 4.79 Å². The molecule has 1 aromatic heterocycles. The zero-order chi connectivity index (χ0) is 43.4. The summed E-state index contributed by atoms with van der Waals surface area (Å²) in [6.07, 6.45) is 5.94. The second-order valence-electron chi connectivity index (χ2n) is 18.3. The Morgan fingerprint density at radius 2 is 1.75 bits per heavy atom. The molecule has 1 spiro atoms. The van der Waals surface area contributed by atoms with Crippen molar-refractivity contribution in [2.75, 3.05) is 66.0 Å². The third-order valence-corrected chi connectivity index (χ3v) is 16.0. The van der Waals surface area contributed by atoms with Crippen molar-refractivity contribution in [1.29, 1.82) is 0 Å². The molecule has 0 radical (unpaired) electrons. The summed E-state index contributed by atoms with van der Waals surface area (Å²) in [4.78, 5) is 53.5. The zero-order valence-corrected chi connectivity index (χ0v) is 36.3. The molecule has 3 aromatic rings. The Bertz CT molecular complexity index is 2320. The molecule has 328 valence electrons. The van der Waals surface area contributed by atoms with E-state index in [1.165, 1.54) is 21.1 Å². The smallest absolute Gasteiger partial charge is 0.344 e. The number of H-pyrrole nitrogens is 1. The van der Waals surface area contributed by atoms with Gasteiger partial charge < -0.3 is 38.7 Å². The molecule has 7 heterocycles. The van der Waals surface area contributed by atoms with Gasteiger partial charge in [0.2, 0.25) is 5.60 Å². The van der Waals surface area contributed by atoms with Gasteiger partial charge in [0.15, 0.2) is 6.10 Å². The monoisotopic (exact) mass is 840 g/mol. The molecule has 6 N–H and O–H groups in total. The number of piperidine rings is 1. The van der Waals surface area contributed by atoms with Crippen molar-refractivity contribution >= 4 is 34.5 Å². The molecular weight excluding hydrogens is 781 g/mol. The molecule has 1 aliphatic carbocycles. The van der Waals surface area contributed by atoms with Gasteiger partial charge >= 0.3 is 17.9 Å². The fourth-order valence-electron chi connectivity index (χ4n) is 13.9.